The molecule has 2 heterocycles. The van der Waals surface area contributed by atoms with Crippen molar-refractivity contribution in [3.8, 4) is 0 Å². The number of aromatic amines is 1. The molecule has 108 valence electrons. The number of H-pyrrole nitrogens is 1. The van der Waals surface area contributed by atoms with Gasteiger partial charge in [0.2, 0.25) is 5.91 Å². The number of fused-ring (bicyclic) bond motifs is 1. The van der Waals surface area contributed by atoms with E-state index in [9.17, 15) is 9.59 Å². The highest BCUT2D eigenvalue weighted by molar-refractivity contribution is 7.99. The Hall–Kier alpha value is -1.34. The summed E-state index contributed by atoms with van der Waals surface area (Å²) in [5.74, 6) is 0.221. The number of nitrogens with zero attached hydrogens (tertiary/aromatic N) is 1. The van der Waals surface area contributed by atoms with Gasteiger partial charge in [-0.2, -0.15) is 0 Å². The summed E-state index contributed by atoms with van der Waals surface area (Å²) in [7, 11) is 0. The zero-order valence-electron chi connectivity index (χ0n) is 11.4. The van der Waals surface area contributed by atoms with Crippen molar-refractivity contribution in [2.24, 2.45) is 0 Å². The maximum absolute atomic E-state index is 11.8. The number of hydrogen-bond donors (Lipinski definition) is 2. The van der Waals surface area contributed by atoms with Crippen LogP contribution in [0.15, 0.2) is 21.4 Å². The molecule has 0 aliphatic heterocycles. The SMILES string of the molecule is CCCC(C)NC(=O)CSc1nc2sccc2c(=O)[nH]1. The van der Waals surface area contributed by atoms with Crippen LogP contribution in [0.4, 0.5) is 0 Å². The first-order valence-corrected chi connectivity index (χ1v) is 8.36. The topological polar surface area (TPSA) is 74.8 Å². The first-order valence-electron chi connectivity index (χ1n) is 6.50. The van der Waals surface area contributed by atoms with Crippen molar-refractivity contribution in [2.75, 3.05) is 5.75 Å². The number of nitrogens with one attached hydrogen (secondary N) is 2. The summed E-state index contributed by atoms with van der Waals surface area (Å²) in [5.41, 5.74) is -0.154. The second-order valence-corrected chi connectivity index (χ2v) is 6.42. The van der Waals surface area contributed by atoms with Crippen molar-refractivity contribution in [1.82, 2.24) is 15.3 Å². The van der Waals surface area contributed by atoms with Gasteiger partial charge in [-0.3, -0.25) is 9.59 Å². The number of rotatable bonds is 6. The molecule has 0 bridgehead atoms. The minimum atomic E-state index is -0.154. The Kier molecular flexibility index (Phi) is 5.19. The molecule has 0 aliphatic carbocycles. The molecule has 2 N–H and O–H groups in total. The Morgan fingerprint density at radius 1 is 1.60 bits per heavy atom. The summed E-state index contributed by atoms with van der Waals surface area (Å²) in [5, 5.41) is 5.84. The molecule has 2 aromatic rings. The number of hydrogen-bond acceptors (Lipinski definition) is 5. The fraction of sp³-hybridized carbons (Fsp3) is 0.462. The van der Waals surface area contributed by atoms with Gasteiger partial charge in [0, 0.05) is 6.04 Å². The molecule has 20 heavy (non-hydrogen) atoms. The van der Waals surface area contributed by atoms with Crippen molar-refractivity contribution >= 4 is 39.2 Å². The second-order valence-electron chi connectivity index (χ2n) is 4.56. The van der Waals surface area contributed by atoms with E-state index in [0.717, 1.165) is 12.8 Å². The molecule has 7 heteroatoms. The minimum Gasteiger partial charge on any atom is -0.353 e. The van der Waals surface area contributed by atoms with Crippen LogP contribution in [-0.4, -0.2) is 27.7 Å². The Bertz CT molecular complexity index is 650. The zero-order chi connectivity index (χ0) is 14.5. The van der Waals surface area contributed by atoms with Gasteiger partial charge >= 0.3 is 0 Å². The first kappa shape index (κ1) is 15.1. The summed E-state index contributed by atoms with van der Waals surface area (Å²) in [6.07, 6.45) is 2.01. The van der Waals surface area contributed by atoms with E-state index in [0.29, 0.717) is 15.4 Å². The van der Waals surface area contributed by atoms with Crippen molar-refractivity contribution < 1.29 is 4.79 Å². The lowest BCUT2D eigenvalue weighted by Crippen LogP contribution is -2.33. The molecule has 0 spiro atoms. The van der Waals surface area contributed by atoms with Gasteiger partial charge in [-0.15, -0.1) is 11.3 Å². The summed E-state index contributed by atoms with van der Waals surface area (Å²) < 4.78 is 0. The quantitative estimate of drug-likeness (QED) is 0.634. The Balaban J connectivity index is 1.95. The molecule has 5 nitrogen and oxygen atoms in total. The van der Waals surface area contributed by atoms with Crippen LogP contribution >= 0.6 is 23.1 Å². The van der Waals surface area contributed by atoms with E-state index in [1.807, 2.05) is 12.3 Å². The molecule has 0 aliphatic rings. The fourth-order valence-electron chi connectivity index (χ4n) is 1.87. The van der Waals surface area contributed by atoms with Gasteiger partial charge in [0.05, 0.1) is 11.1 Å². The number of aromatic nitrogens is 2. The normalized spacial score (nSPS) is 12.5. The van der Waals surface area contributed by atoms with Crippen LogP contribution < -0.4 is 10.9 Å². The highest BCUT2D eigenvalue weighted by Gasteiger charge is 2.10. The van der Waals surface area contributed by atoms with Crippen LogP contribution in [0.2, 0.25) is 0 Å². The highest BCUT2D eigenvalue weighted by atomic mass is 32.2. The van der Waals surface area contributed by atoms with Gasteiger partial charge in [-0.05, 0) is 24.8 Å². The number of carbonyl (C=O) groups excluding carboxylic acids is 1. The number of carbonyl (C=O) groups is 1. The monoisotopic (exact) mass is 311 g/mol. The van der Waals surface area contributed by atoms with Crippen LogP contribution in [0.5, 0.6) is 0 Å². The van der Waals surface area contributed by atoms with Crippen molar-refractivity contribution in [2.45, 2.75) is 37.9 Å². The van der Waals surface area contributed by atoms with Crippen LogP contribution in [-0.2, 0) is 4.79 Å². The number of thiophene rings is 1. The Labute approximate surface area is 125 Å². The number of thioether (sulfide) groups is 1. The zero-order valence-corrected chi connectivity index (χ0v) is 13.1. The Morgan fingerprint density at radius 3 is 3.15 bits per heavy atom. The van der Waals surface area contributed by atoms with Crippen LogP contribution in [0.25, 0.3) is 10.2 Å². The van der Waals surface area contributed by atoms with Crippen LogP contribution in [0.1, 0.15) is 26.7 Å². The third-order valence-corrected chi connectivity index (χ3v) is 4.46. The second kappa shape index (κ2) is 6.90. The third-order valence-electron chi connectivity index (χ3n) is 2.78. The van der Waals surface area contributed by atoms with Crippen LogP contribution in [0.3, 0.4) is 0 Å². The molecule has 1 amide bonds. The molecule has 2 rings (SSSR count). The van der Waals surface area contributed by atoms with Gasteiger partial charge < -0.3 is 10.3 Å². The van der Waals surface area contributed by atoms with Crippen LogP contribution in [0, 0.1) is 0 Å². The smallest absolute Gasteiger partial charge is 0.260 e. The molecule has 1 unspecified atom stereocenters. The van der Waals surface area contributed by atoms with Gasteiger partial charge in [-0.25, -0.2) is 4.98 Å². The highest BCUT2D eigenvalue weighted by Crippen LogP contribution is 2.18. The fourth-order valence-corrected chi connectivity index (χ4v) is 3.36. The third kappa shape index (κ3) is 3.83. The van der Waals surface area contributed by atoms with Gasteiger partial charge in [0.1, 0.15) is 4.83 Å². The summed E-state index contributed by atoms with van der Waals surface area (Å²) in [4.78, 5) is 31.2. The predicted octanol–water partition coefficient (Wildman–Crippen LogP) is 2.38. The van der Waals surface area contributed by atoms with Crippen molar-refractivity contribution in [1.29, 1.82) is 0 Å². The molecule has 0 radical (unpaired) electrons. The summed E-state index contributed by atoms with van der Waals surface area (Å²) in [6.45, 7) is 4.08. The molecule has 0 fully saturated rings. The molecular weight excluding hydrogens is 294 g/mol. The van der Waals surface area contributed by atoms with Crippen molar-refractivity contribution in [3.63, 3.8) is 0 Å². The molecule has 0 saturated carbocycles. The molecule has 0 saturated heterocycles. The minimum absolute atomic E-state index is 0.0372. The van der Waals surface area contributed by atoms with E-state index < -0.39 is 0 Å². The lowest BCUT2D eigenvalue weighted by molar-refractivity contribution is -0.119. The summed E-state index contributed by atoms with van der Waals surface area (Å²) >= 11 is 2.67. The van der Waals surface area contributed by atoms with Gasteiger partial charge in [0.25, 0.3) is 5.56 Å². The molecular formula is C13H17N3O2S2. The van der Waals surface area contributed by atoms with Gasteiger partial charge in [-0.1, -0.05) is 25.1 Å². The van der Waals surface area contributed by atoms with E-state index in [4.69, 9.17) is 0 Å². The predicted molar refractivity (Wildman–Crippen MR) is 83.5 cm³/mol. The maximum Gasteiger partial charge on any atom is 0.260 e. The Morgan fingerprint density at radius 2 is 2.40 bits per heavy atom. The van der Waals surface area contributed by atoms with Crippen molar-refractivity contribution in [3.05, 3.63) is 21.8 Å². The first-order chi connectivity index (χ1) is 9.60. The maximum atomic E-state index is 11.8. The largest absolute Gasteiger partial charge is 0.353 e. The standard InChI is InChI=1S/C13H17N3O2S2/c1-3-4-8(2)14-10(17)7-20-13-15-11(18)9-5-6-19-12(9)16-13/h5-6,8H,3-4,7H2,1-2H3,(H,14,17)(H,15,16,18). The number of amides is 1. The lowest BCUT2D eigenvalue weighted by atomic mass is 10.2. The average Bonchev–Trinajstić information content (AvgIpc) is 2.85. The summed E-state index contributed by atoms with van der Waals surface area (Å²) in [6, 6.07) is 1.93. The average molecular weight is 311 g/mol. The van der Waals surface area contributed by atoms with E-state index in [2.05, 4.69) is 22.2 Å². The lowest BCUT2D eigenvalue weighted by Gasteiger charge is -2.12. The molecule has 1 atom stereocenters. The molecule has 2 aromatic heterocycles. The van der Waals surface area contributed by atoms with E-state index >= 15 is 0 Å². The molecule has 0 aromatic carbocycles. The van der Waals surface area contributed by atoms with E-state index in [-0.39, 0.29) is 23.3 Å². The van der Waals surface area contributed by atoms with E-state index in [1.54, 1.807) is 6.07 Å². The van der Waals surface area contributed by atoms with E-state index in [1.165, 1.54) is 23.1 Å². The van der Waals surface area contributed by atoms with Gasteiger partial charge in [0.15, 0.2) is 5.16 Å².